The molecular formula is C32H51N4O7+. The van der Waals surface area contributed by atoms with Crippen LogP contribution in [0, 0.1) is 5.92 Å². The lowest BCUT2D eigenvalue weighted by Crippen LogP contribution is -2.46. The number of benzene rings is 1. The molecule has 0 spiro atoms. The normalized spacial score (nSPS) is 21.9. The molecule has 240 valence electrons. The highest BCUT2D eigenvalue weighted by Crippen LogP contribution is 2.47. The molecule has 0 radical (unpaired) electrons. The van der Waals surface area contributed by atoms with Crippen LogP contribution >= 0.6 is 0 Å². The Morgan fingerprint density at radius 3 is 2.56 bits per heavy atom. The molecule has 11 heteroatoms. The van der Waals surface area contributed by atoms with Gasteiger partial charge in [0.2, 0.25) is 24.4 Å². The molecular weight excluding hydrogens is 552 g/mol. The first-order valence-corrected chi connectivity index (χ1v) is 15.8. The van der Waals surface area contributed by atoms with Gasteiger partial charge >= 0.3 is 5.97 Å². The summed E-state index contributed by atoms with van der Waals surface area (Å²) in [7, 11) is 8.08. The van der Waals surface area contributed by atoms with Crippen LogP contribution < -0.4 is 14.2 Å². The fourth-order valence-electron chi connectivity index (χ4n) is 6.66. The molecule has 2 amide bonds. The van der Waals surface area contributed by atoms with Crippen LogP contribution in [-0.2, 0) is 14.4 Å². The van der Waals surface area contributed by atoms with E-state index in [-0.39, 0.29) is 31.1 Å². The van der Waals surface area contributed by atoms with Crippen LogP contribution in [0.5, 0.6) is 17.2 Å². The Labute approximate surface area is 256 Å². The second kappa shape index (κ2) is 14.6. The number of hydrogen-bond acceptors (Lipinski definition) is 7. The third-order valence-electron chi connectivity index (χ3n) is 8.99. The Kier molecular flexibility index (Phi) is 11.2. The molecule has 2 saturated heterocycles. The number of hydrogen-bond donors (Lipinski definition) is 1. The number of carbonyl (C=O) groups is 3. The predicted octanol–water partition coefficient (Wildman–Crippen LogP) is 3.02. The van der Waals surface area contributed by atoms with Crippen molar-refractivity contribution in [2.75, 3.05) is 80.9 Å². The third kappa shape index (κ3) is 8.32. The first-order chi connectivity index (χ1) is 20.5. The van der Waals surface area contributed by atoms with Crippen LogP contribution in [0.2, 0.25) is 0 Å². The topological polar surface area (TPSA) is 109 Å². The maximum absolute atomic E-state index is 13.8. The highest BCUT2D eigenvalue weighted by molar-refractivity contribution is 5.79. The van der Waals surface area contributed by atoms with Crippen LogP contribution in [0.15, 0.2) is 12.1 Å². The molecule has 1 N–H and O–H groups in total. The standard InChI is InChI=1S/C32H50N4O7/c1-6-7-13-33(14-8-9-17-36(2,3)4)29(38)21-35-20-24(23-18-26(41-5)31-27(19-23)42-22-43-31)30(32(39)40)25(35)12-16-34-15-10-11-28(34)37/h18-19,24-25,30H,6-17,20-22H2,1-5H3/p+1/t24-,25+,30-/m1/s1. The summed E-state index contributed by atoms with van der Waals surface area (Å²) in [6.07, 6.45) is 5.75. The van der Waals surface area contributed by atoms with E-state index >= 15 is 0 Å². The molecule has 0 unspecified atom stereocenters. The van der Waals surface area contributed by atoms with Crippen molar-refractivity contribution >= 4 is 17.8 Å². The Morgan fingerprint density at radius 1 is 1.14 bits per heavy atom. The monoisotopic (exact) mass is 603 g/mol. The fraction of sp³-hybridized carbons (Fsp3) is 0.719. The van der Waals surface area contributed by atoms with Gasteiger partial charge in [0, 0.05) is 51.1 Å². The summed E-state index contributed by atoms with van der Waals surface area (Å²) in [5.41, 5.74) is 0.786. The molecule has 0 bridgehead atoms. The Bertz CT molecular complexity index is 1140. The van der Waals surface area contributed by atoms with Gasteiger partial charge in [0.05, 0.1) is 47.3 Å². The van der Waals surface area contributed by atoms with Gasteiger partial charge in [0.1, 0.15) is 0 Å². The maximum atomic E-state index is 13.8. The number of quaternary nitrogens is 1. The average Bonchev–Trinajstić information content (AvgIpc) is 3.68. The molecule has 1 aromatic carbocycles. The lowest BCUT2D eigenvalue weighted by Gasteiger charge is -2.31. The van der Waals surface area contributed by atoms with Crippen molar-refractivity contribution in [3.8, 4) is 17.2 Å². The number of carbonyl (C=O) groups excluding carboxylic acids is 2. The van der Waals surface area contributed by atoms with Gasteiger partial charge in [-0.1, -0.05) is 13.3 Å². The van der Waals surface area contributed by atoms with Crippen molar-refractivity contribution < 1.29 is 38.2 Å². The number of nitrogens with zero attached hydrogens (tertiary/aromatic N) is 4. The number of unbranched alkanes of at least 4 members (excludes halogenated alkanes) is 2. The summed E-state index contributed by atoms with van der Waals surface area (Å²) in [5, 5.41) is 10.6. The van der Waals surface area contributed by atoms with Gasteiger partial charge in [-0.2, -0.15) is 0 Å². The van der Waals surface area contributed by atoms with Crippen LogP contribution in [-0.4, -0.2) is 129 Å². The summed E-state index contributed by atoms with van der Waals surface area (Å²) in [5.74, 6) is -0.347. The molecule has 3 aliphatic rings. The minimum Gasteiger partial charge on any atom is -0.493 e. The lowest BCUT2D eigenvalue weighted by atomic mass is 9.84. The number of carboxylic acids is 1. The molecule has 0 saturated carbocycles. The zero-order chi connectivity index (χ0) is 31.1. The number of rotatable bonds is 16. The molecule has 43 heavy (non-hydrogen) atoms. The van der Waals surface area contributed by atoms with Crippen LogP contribution in [0.25, 0.3) is 0 Å². The van der Waals surface area contributed by atoms with E-state index in [9.17, 15) is 19.5 Å². The first-order valence-electron chi connectivity index (χ1n) is 15.8. The summed E-state index contributed by atoms with van der Waals surface area (Å²) in [6.45, 7) is 6.39. The van der Waals surface area contributed by atoms with E-state index in [0.717, 1.165) is 48.7 Å². The highest BCUT2D eigenvalue weighted by atomic mass is 16.7. The number of ether oxygens (including phenoxy) is 3. The van der Waals surface area contributed by atoms with Gasteiger partial charge in [-0.15, -0.1) is 0 Å². The number of methoxy groups -OCH3 is 1. The van der Waals surface area contributed by atoms with Gasteiger partial charge in [-0.25, -0.2) is 0 Å². The van der Waals surface area contributed by atoms with Crippen molar-refractivity contribution in [3.63, 3.8) is 0 Å². The Hall–Kier alpha value is -3.05. The maximum Gasteiger partial charge on any atom is 0.308 e. The summed E-state index contributed by atoms with van der Waals surface area (Å²) in [6, 6.07) is 3.28. The fourth-order valence-corrected chi connectivity index (χ4v) is 6.66. The third-order valence-corrected chi connectivity index (χ3v) is 8.99. The van der Waals surface area contributed by atoms with Gasteiger partial charge < -0.3 is 33.6 Å². The molecule has 0 aliphatic carbocycles. The van der Waals surface area contributed by atoms with Crippen molar-refractivity contribution in [2.24, 2.45) is 5.92 Å². The minimum absolute atomic E-state index is 0.0361. The van der Waals surface area contributed by atoms with E-state index in [2.05, 4.69) is 28.1 Å². The van der Waals surface area contributed by atoms with Gasteiger partial charge in [0.25, 0.3) is 0 Å². The van der Waals surface area contributed by atoms with E-state index in [1.54, 1.807) is 7.11 Å². The van der Waals surface area contributed by atoms with Crippen LogP contribution in [0.3, 0.4) is 0 Å². The molecule has 11 nitrogen and oxygen atoms in total. The lowest BCUT2D eigenvalue weighted by molar-refractivity contribution is -0.870. The highest BCUT2D eigenvalue weighted by Gasteiger charge is 2.48. The van der Waals surface area contributed by atoms with Crippen molar-refractivity contribution in [3.05, 3.63) is 17.7 Å². The SMILES string of the molecule is CCCCN(CCCC[N+](C)(C)C)C(=O)CN1C[C@H](c2cc(OC)c3c(c2)OCO3)[C@@H](C(=O)O)[C@@H]1CCN1CCCC1=O. The molecule has 1 aromatic rings. The summed E-state index contributed by atoms with van der Waals surface area (Å²) in [4.78, 5) is 45.0. The smallest absolute Gasteiger partial charge is 0.308 e. The zero-order valence-electron chi connectivity index (χ0n) is 26.7. The van der Waals surface area contributed by atoms with E-state index in [0.29, 0.717) is 62.8 Å². The molecule has 2 fully saturated rings. The minimum atomic E-state index is -0.905. The molecule has 3 aliphatic heterocycles. The molecule has 3 heterocycles. The number of carboxylic acid groups (broad SMARTS) is 1. The Morgan fingerprint density at radius 2 is 1.91 bits per heavy atom. The van der Waals surface area contributed by atoms with E-state index in [1.165, 1.54) is 0 Å². The van der Waals surface area contributed by atoms with E-state index in [1.807, 2.05) is 26.8 Å². The molecule has 0 aromatic heterocycles. The van der Waals surface area contributed by atoms with Gasteiger partial charge in [-0.3, -0.25) is 19.3 Å². The number of fused-ring (bicyclic) bond motifs is 1. The second-order valence-corrected chi connectivity index (χ2v) is 13.2. The molecule has 4 rings (SSSR count). The number of likely N-dealkylation sites (tertiary alicyclic amines) is 2. The zero-order valence-corrected chi connectivity index (χ0v) is 26.7. The Balaban J connectivity index is 1.57. The quantitative estimate of drug-likeness (QED) is 0.227. The van der Waals surface area contributed by atoms with Crippen LogP contribution in [0.4, 0.5) is 0 Å². The largest absolute Gasteiger partial charge is 0.493 e. The van der Waals surface area contributed by atoms with Crippen LogP contribution in [0.1, 0.15) is 63.4 Å². The van der Waals surface area contributed by atoms with Crippen molar-refractivity contribution in [2.45, 2.75) is 63.8 Å². The summed E-state index contributed by atoms with van der Waals surface area (Å²) >= 11 is 0. The first kappa shape index (κ1) is 32.9. The van der Waals surface area contributed by atoms with Crippen molar-refractivity contribution in [1.82, 2.24) is 14.7 Å². The van der Waals surface area contributed by atoms with E-state index < -0.39 is 17.9 Å². The number of amides is 2. The van der Waals surface area contributed by atoms with E-state index in [4.69, 9.17) is 14.2 Å². The molecule has 3 atom stereocenters. The van der Waals surface area contributed by atoms with Crippen molar-refractivity contribution in [1.29, 1.82) is 0 Å². The number of aliphatic carboxylic acids is 1. The van der Waals surface area contributed by atoms with Gasteiger partial charge in [-0.05, 0) is 49.8 Å². The average molecular weight is 604 g/mol. The second-order valence-electron chi connectivity index (χ2n) is 13.2. The van der Waals surface area contributed by atoms with Gasteiger partial charge in [0.15, 0.2) is 11.5 Å². The summed E-state index contributed by atoms with van der Waals surface area (Å²) < 4.78 is 17.7. The predicted molar refractivity (Wildman–Crippen MR) is 162 cm³/mol.